The first kappa shape index (κ1) is 31.6. The predicted octanol–water partition coefficient (Wildman–Crippen LogP) is 15.6. The smallest absolute Gasteiger partial charge is 0.136 e. The van der Waals surface area contributed by atoms with E-state index in [4.69, 9.17) is 4.42 Å². The third-order valence-electron chi connectivity index (χ3n) is 10.9. The molecule has 0 bridgehead atoms. The van der Waals surface area contributed by atoms with Gasteiger partial charge in [-0.2, -0.15) is 0 Å². The monoisotopic (exact) mass is 719 g/mol. The highest BCUT2D eigenvalue weighted by molar-refractivity contribution is 7.26. The second-order valence-electron chi connectivity index (χ2n) is 14.0. The van der Waals surface area contributed by atoms with Crippen LogP contribution in [-0.2, 0) is 0 Å². The number of nitrogens with zero attached hydrogens (tertiary/aromatic N) is 1. The van der Waals surface area contributed by atoms with Crippen molar-refractivity contribution < 1.29 is 4.42 Å². The highest BCUT2D eigenvalue weighted by Crippen LogP contribution is 2.47. The van der Waals surface area contributed by atoms with Crippen LogP contribution in [0.5, 0.6) is 0 Å². The van der Waals surface area contributed by atoms with Crippen LogP contribution in [0.25, 0.3) is 86.3 Å². The Hall–Kier alpha value is -6.94. The van der Waals surface area contributed by atoms with Crippen LogP contribution in [0.4, 0.5) is 17.1 Å². The van der Waals surface area contributed by atoms with Gasteiger partial charge in [0.05, 0.1) is 5.69 Å². The molecule has 0 aliphatic carbocycles. The number of para-hydroxylation sites is 2. The van der Waals surface area contributed by atoms with Gasteiger partial charge in [-0.15, -0.1) is 11.3 Å². The molecule has 11 aromatic rings. The van der Waals surface area contributed by atoms with Crippen molar-refractivity contribution in [1.29, 1.82) is 0 Å². The molecule has 3 heteroatoms. The molecule has 9 aromatic carbocycles. The van der Waals surface area contributed by atoms with Crippen molar-refractivity contribution in [2.24, 2.45) is 0 Å². The fourth-order valence-electron chi connectivity index (χ4n) is 8.36. The lowest BCUT2D eigenvalue weighted by Gasteiger charge is -2.28. The third kappa shape index (κ3) is 5.24. The summed E-state index contributed by atoms with van der Waals surface area (Å²) in [4.78, 5) is 2.41. The molecule has 258 valence electrons. The third-order valence-corrected chi connectivity index (χ3v) is 12.1. The van der Waals surface area contributed by atoms with Gasteiger partial charge in [0.2, 0.25) is 0 Å². The number of furan rings is 1. The average Bonchev–Trinajstić information content (AvgIpc) is 3.83. The van der Waals surface area contributed by atoms with Gasteiger partial charge in [0.1, 0.15) is 11.2 Å². The quantitative estimate of drug-likeness (QED) is 0.170. The van der Waals surface area contributed by atoms with Gasteiger partial charge in [-0.1, -0.05) is 152 Å². The standard InChI is InChI=1S/C52H33NOS/c1-2-14-39-34(12-1)13-9-18-40(39)35-26-30-37(31-27-35)53(38-32-28-36(29-33-38)41-19-11-24-49-51(41)46-17-4-7-23-48(46)54-49)47-22-6-3-15-42(47)44-20-10-21-45-43-16-5-8-25-50(43)55-52(44)45/h1-33H. The summed E-state index contributed by atoms with van der Waals surface area (Å²) in [5, 5.41) is 7.38. The lowest BCUT2D eigenvalue weighted by Crippen LogP contribution is -2.11. The molecule has 0 atom stereocenters. The Labute approximate surface area is 322 Å². The fraction of sp³-hybridized carbons (Fsp3) is 0. The molecule has 0 spiro atoms. The van der Waals surface area contributed by atoms with E-state index in [1.165, 1.54) is 53.2 Å². The van der Waals surface area contributed by atoms with Gasteiger partial charge in [0.25, 0.3) is 0 Å². The second kappa shape index (κ2) is 12.9. The molecule has 0 N–H and O–H groups in total. The number of fused-ring (bicyclic) bond motifs is 7. The molecule has 2 heterocycles. The zero-order valence-corrected chi connectivity index (χ0v) is 30.6. The summed E-state index contributed by atoms with van der Waals surface area (Å²) in [7, 11) is 0. The summed E-state index contributed by atoms with van der Waals surface area (Å²) in [6.45, 7) is 0. The Morgan fingerprint density at radius 1 is 0.364 bits per heavy atom. The summed E-state index contributed by atoms with van der Waals surface area (Å²) in [6, 6.07) is 72.2. The Bertz CT molecular complexity index is 3200. The first-order valence-electron chi connectivity index (χ1n) is 18.7. The number of hydrogen-bond acceptors (Lipinski definition) is 3. The molecule has 0 radical (unpaired) electrons. The normalized spacial score (nSPS) is 11.6. The van der Waals surface area contributed by atoms with E-state index in [2.05, 4.69) is 193 Å². The van der Waals surface area contributed by atoms with Crippen LogP contribution >= 0.6 is 11.3 Å². The van der Waals surface area contributed by atoms with Crippen LogP contribution < -0.4 is 4.90 Å². The summed E-state index contributed by atoms with van der Waals surface area (Å²) >= 11 is 1.87. The molecule has 0 aliphatic heterocycles. The zero-order valence-electron chi connectivity index (χ0n) is 29.8. The minimum atomic E-state index is 0.903. The largest absolute Gasteiger partial charge is 0.456 e. The SMILES string of the molecule is c1ccc(N(c2ccc(-c3cccc4ccccc34)cc2)c2ccc(-c3cccc4oc5ccccc5c34)cc2)c(-c2cccc3c2sc2ccccc23)c1. The zero-order chi connectivity index (χ0) is 36.3. The van der Waals surface area contributed by atoms with Crippen molar-refractivity contribution in [2.75, 3.05) is 4.90 Å². The van der Waals surface area contributed by atoms with Gasteiger partial charge in [-0.3, -0.25) is 0 Å². The van der Waals surface area contributed by atoms with Crippen LogP contribution in [0.3, 0.4) is 0 Å². The maximum Gasteiger partial charge on any atom is 0.136 e. The maximum atomic E-state index is 6.25. The van der Waals surface area contributed by atoms with Crippen molar-refractivity contribution in [3.05, 3.63) is 200 Å². The Kier molecular flexibility index (Phi) is 7.39. The van der Waals surface area contributed by atoms with E-state index < -0.39 is 0 Å². The molecule has 0 amide bonds. The van der Waals surface area contributed by atoms with Gasteiger partial charge in [0.15, 0.2) is 0 Å². The Morgan fingerprint density at radius 2 is 0.909 bits per heavy atom. The highest BCUT2D eigenvalue weighted by Gasteiger charge is 2.20. The summed E-state index contributed by atoms with van der Waals surface area (Å²) < 4.78 is 8.86. The van der Waals surface area contributed by atoms with E-state index in [1.54, 1.807) is 0 Å². The fourth-order valence-corrected chi connectivity index (χ4v) is 9.59. The van der Waals surface area contributed by atoms with Crippen molar-refractivity contribution in [3.63, 3.8) is 0 Å². The van der Waals surface area contributed by atoms with E-state index in [-0.39, 0.29) is 0 Å². The number of rotatable bonds is 6. The Balaban J connectivity index is 1.08. The summed E-state index contributed by atoms with van der Waals surface area (Å²) in [5.74, 6) is 0. The number of benzene rings is 9. The van der Waals surface area contributed by atoms with Gasteiger partial charge in [0, 0.05) is 53.4 Å². The van der Waals surface area contributed by atoms with Gasteiger partial charge in [-0.25, -0.2) is 0 Å². The molecule has 0 aliphatic rings. The summed E-state index contributed by atoms with van der Waals surface area (Å²) in [6.07, 6.45) is 0. The van der Waals surface area contributed by atoms with Crippen LogP contribution in [0.2, 0.25) is 0 Å². The minimum Gasteiger partial charge on any atom is -0.456 e. The molecular formula is C52H33NOS. The van der Waals surface area contributed by atoms with E-state index >= 15 is 0 Å². The maximum absolute atomic E-state index is 6.25. The number of thiophene rings is 1. The topological polar surface area (TPSA) is 16.4 Å². The first-order chi connectivity index (χ1) is 27.3. The van der Waals surface area contributed by atoms with Crippen molar-refractivity contribution in [3.8, 4) is 33.4 Å². The van der Waals surface area contributed by atoms with E-state index in [0.29, 0.717) is 0 Å². The molecule has 2 nitrogen and oxygen atoms in total. The van der Waals surface area contributed by atoms with Gasteiger partial charge >= 0.3 is 0 Å². The van der Waals surface area contributed by atoms with Crippen molar-refractivity contribution in [2.45, 2.75) is 0 Å². The molecule has 0 unspecified atom stereocenters. The van der Waals surface area contributed by atoms with E-state index in [0.717, 1.165) is 50.1 Å². The lowest BCUT2D eigenvalue weighted by molar-refractivity contribution is 0.669. The molecular weight excluding hydrogens is 687 g/mol. The van der Waals surface area contributed by atoms with Crippen molar-refractivity contribution >= 4 is 81.3 Å². The number of hydrogen-bond donors (Lipinski definition) is 0. The predicted molar refractivity (Wildman–Crippen MR) is 235 cm³/mol. The van der Waals surface area contributed by atoms with Gasteiger partial charge in [-0.05, 0) is 81.6 Å². The molecule has 0 fully saturated rings. The van der Waals surface area contributed by atoms with E-state index in [9.17, 15) is 0 Å². The lowest BCUT2D eigenvalue weighted by atomic mass is 9.97. The van der Waals surface area contributed by atoms with Gasteiger partial charge < -0.3 is 9.32 Å². The van der Waals surface area contributed by atoms with Crippen LogP contribution in [-0.4, -0.2) is 0 Å². The van der Waals surface area contributed by atoms with Crippen LogP contribution in [0, 0.1) is 0 Å². The minimum absolute atomic E-state index is 0.903. The summed E-state index contributed by atoms with van der Waals surface area (Å²) in [5.41, 5.74) is 12.3. The van der Waals surface area contributed by atoms with Crippen LogP contribution in [0.15, 0.2) is 205 Å². The average molecular weight is 720 g/mol. The first-order valence-corrected chi connectivity index (χ1v) is 19.5. The molecule has 0 saturated carbocycles. The Morgan fingerprint density at radius 3 is 1.75 bits per heavy atom. The van der Waals surface area contributed by atoms with E-state index in [1.807, 2.05) is 23.5 Å². The molecule has 2 aromatic heterocycles. The molecule has 55 heavy (non-hydrogen) atoms. The highest BCUT2D eigenvalue weighted by atomic mass is 32.1. The molecule has 11 rings (SSSR count). The second-order valence-corrected chi connectivity index (χ2v) is 15.1. The molecule has 0 saturated heterocycles. The van der Waals surface area contributed by atoms with Crippen molar-refractivity contribution in [1.82, 2.24) is 0 Å². The number of anilines is 3. The van der Waals surface area contributed by atoms with Crippen LogP contribution in [0.1, 0.15) is 0 Å².